The Hall–Kier alpha value is -3.39. The molecule has 0 aliphatic rings. The van der Waals surface area contributed by atoms with Gasteiger partial charge < -0.3 is 0 Å². The summed E-state index contributed by atoms with van der Waals surface area (Å²) < 4.78 is 14.7. The Kier molecular flexibility index (Phi) is 4.94. The first kappa shape index (κ1) is 18.0. The van der Waals surface area contributed by atoms with E-state index in [-0.39, 0.29) is 17.4 Å². The maximum atomic E-state index is 13.1. The van der Waals surface area contributed by atoms with Crippen LogP contribution in [0.2, 0.25) is 0 Å². The lowest BCUT2D eigenvalue weighted by atomic mass is 10.1. The molecular formula is C20H16FN5OS. The van der Waals surface area contributed by atoms with Crippen LogP contribution in [0.3, 0.4) is 0 Å². The summed E-state index contributed by atoms with van der Waals surface area (Å²) in [4.78, 5) is 17.9. The van der Waals surface area contributed by atoms with E-state index in [0.717, 1.165) is 16.0 Å². The lowest BCUT2D eigenvalue weighted by Gasteiger charge is -2.00. The quantitative estimate of drug-likeness (QED) is 0.553. The number of halogens is 1. The largest absolute Gasteiger partial charge is 0.296 e. The van der Waals surface area contributed by atoms with E-state index < -0.39 is 0 Å². The average Bonchev–Trinajstić information content (AvgIpc) is 3.30. The molecule has 0 saturated heterocycles. The molecule has 4 rings (SSSR count). The van der Waals surface area contributed by atoms with E-state index in [1.54, 1.807) is 23.0 Å². The van der Waals surface area contributed by atoms with Gasteiger partial charge in [-0.2, -0.15) is 0 Å². The molecular weight excluding hydrogens is 377 g/mol. The minimum absolute atomic E-state index is 0.215. The van der Waals surface area contributed by atoms with Gasteiger partial charge in [-0.05, 0) is 36.8 Å². The molecule has 8 heteroatoms. The lowest BCUT2D eigenvalue weighted by molar-refractivity contribution is 0.102. The second kappa shape index (κ2) is 7.69. The highest BCUT2D eigenvalue weighted by atomic mass is 32.1. The zero-order valence-corrected chi connectivity index (χ0v) is 15.8. The smallest absolute Gasteiger partial charge is 0.279 e. The third-order valence-electron chi connectivity index (χ3n) is 4.09. The van der Waals surface area contributed by atoms with Crippen LogP contribution < -0.4 is 5.32 Å². The van der Waals surface area contributed by atoms with Crippen molar-refractivity contribution in [3.63, 3.8) is 0 Å². The number of anilines is 1. The van der Waals surface area contributed by atoms with Gasteiger partial charge in [-0.25, -0.2) is 14.1 Å². The predicted octanol–water partition coefficient (Wildman–Crippen LogP) is 4.15. The molecule has 0 bridgehead atoms. The van der Waals surface area contributed by atoms with E-state index in [9.17, 15) is 9.18 Å². The highest BCUT2D eigenvalue weighted by molar-refractivity contribution is 7.16. The summed E-state index contributed by atoms with van der Waals surface area (Å²) in [6.07, 6.45) is 1.60. The van der Waals surface area contributed by atoms with Crippen LogP contribution in [0.4, 0.5) is 9.52 Å². The summed E-state index contributed by atoms with van der Waals surface area (Å²) in [5.41, 5.74) is 2.79. The lowest BCUT2D eigenvalue weighted by Crippen LogP contribution is -2.12. The van der Waals surface area contributed by atoms with Crippen LogP contribution in [0.5, 0.6) is 0 Å². The summed E-state index contributed by atoms with van der Waals surface area (Å²) in [5, 5.41) is 11.2. The number of hydrogen-bond donors (Lipinski definition) is 1. The molecule has 0 aliphatic carbocycles. The van der Waals surface area contributed by atoms with Crippen LogP contribution in [0.25, 0.3) is 11.3 Å². The minimum Gasteiger partial charge on any atom is -0.296 e. The molecule has 0 spiro atoms. The van der Waals surface area contributed by atoms with Gasteiger partial charge in [0.25, 0.3) is 5.91 Å². The Morgan fingerprint density at radius 1 is 1.14 bits per heavy atom. The van der Waals surface area contributed by atoms with Gasteiger partial charge >= 0.3 is 0 Å². The second-order valence-electron chi connectivity index (χ2n) is 6.17. The number of aromatic nitrogens is 4. The van der Waals surface area contributed by atoms with Crippen molar-refractivity contribution < 1.29 is 9.18 Å². The first-order chi connectivity index (χ1) is 13.6. The topological polar surface area (TPSA) is 72.7 Å². The first-order valence-corrected chi connectivity index (χ1v) is 9.39. The molecule has 2 aromatic heterocycles. The summed E-state index contributed by atoms with van der Waals surface area (Å²) in [6, 6.07) is 15.9. The Morgan fingerprint density at radius 2 is 1.89 bits per heavy atom. The van der Waals surface area contributed by atoms with Gasteiger partial charge in [0.2, 0.25) is 0 Å². The summed E-state index contributed by atoms with van der Waals surface area (Å²) in [5.74, 6) is -0.678. The predicted molar refractivity (Wildman–Crippen MR) is 106 cm³/mol. The van der Waals surface area contributed by atoms with E-state index >= 15 is 0 Å². The second-order valence-corrected chi connectivity index (χ2v) is 7.37. The fourth-order valence-electron chi connectivity index (χ4n) is 2.74. The summed E-state index contributed by atoms with van der Waals surface area (Å²) in [7, 11) is 0. The molecule has 2 aromatic carbocycles. The molecule has 4 aromatic rings. The van der Waals surface area contributed by atoms with E-state index in [2.05, 4.69) is 20.6 Å². The Labute approximate surface area is 164 Å². The van der Waals surface area contributed by atoms with Crippen molar-refractivity contribution in [2.24, 2.45) is 0 Å². The van der Waals surface area contributed by atoms with Crippen LogP contribution in [0.1, 0.15) is 20.9 Å². The van der Waals surface area contributed by atoms with Gasteiger partial charge in [0.05, 0.1) is 18.4 Å². The van der Waals surface area contributed by atoms with Gasteiger partial charge in [-0.1, -0.05) is 35.5 Å². The third-order valence-corrected chi connectivity index (χ3v) is 4.98. The minimum atomic E-state index is -0.376. The highest BCUT2D eigenvalue weighted by Crippen LogP contribution is 2.30. The zero-order chi connectivity index (χ0) is 19.5. The number of carbonyl (C=O) groups excluding carboxylic acids is 1. The normalized spacial score (nSPS) is 10.8. The number of aryl methyl sites for hydroxylation is 1. The van der Waals surface area contributed by atoms with E-state index in [1.807, 2.05) is 37.3 Å². The van der Waals surface area contributed by atoms with Crippen LogP contribution in [0, 0.1) is 12.7 Å². The summed E-state index contributed by atoms with van der Waals surface area (Å²) >= 11 is 1.35. The maximum absolute atomic E-state index is 13.1. The van der Waals surface area contributed by atoms with Crippen LogP contribution >= 0.6 is 11.3 Å². The average molecular weight is 393 g/mol. The van der Waals surface area contributed by atoms with Gasteiger partial charge in [0.1, 0.15) is 5.82 Å². The SMILES string of the molecule is Cc1sc(NC(=O)c2cn(Cc3ccccc3)nn2)nc1-c1ccc(F)cc1. The van der Waals surface area contributed by atoms with Crippen molar-refractivity contribution in [3.8, 4) is 11.3 Å². The molecule has 0 saturated carbocycles. The van der Waals surface area contributed by atoms with Crippen molar-refractivity contribution in [3.05, 3.63) is 82.7 Å². The first-order valence-electron chi connectivity index (χ1n) is 8.57. The fourth-order valence-corrected chi connectivity index (χ4v) is 3.57. The molecule has 0 atom stereocenters. The highest BCUT2D eigenvalue weighted by Gasteiger charge is 2.16. The number of benzene rings is 2. The van der Waals surface area contributed by atoms with E-state index in [4.69, 9.17) is 0 Å². The Bertz CT molecular complexity index is 1110. The molecule has 1 amide bonds. The Morgan fingerprint density at radius 3 is 2.64 bits per heavy atom. The fraction of sp³-hybridized carbons (Fsp3) is 0.100. The van der Waals surface area contributed by atoms with Gasteiger partial charge in [-0.3, -0.25) is 10.1 Å². The van der Waals surface area contributed by atoms with Crippen LogP contribution in [0.15, 0.2) is 60.8 Å². The number of carbonyl (C=O) groups is 1. The van der Waals surface area contributed by atoms with Crippen LogP contribution in [-0.4, -0.2) is 25.9 Å². The van der Waals surface area contributed by atoms with Crippen molar-refractivity contribution in [1.82, 2.24) is 20.0 Å². The molecule has 0 aliphatic heterocycles. The van der Waals surface area contributed by atoms with Crippen molar-refractivity contribution in [1.29, 1.82) is 0 Å². The van der Waals surface area contributed by atoms with Crippen LogP contribution in [-0.2, 0) is 6.54 Å². The van der Waals surface area contributed by atoms with Gasteiger partial charge in [0, 0.05) is 10.4 Å². The molecule has 140 valence electrons. The Balaban J connectivity index is 1.47. The molecule has 0 fully saturated rings. The number of amides is 1. The molecule has 0 radical (unpaired) electrons. The number of rotatable bonds is 5. The monoisotopic (exact) mass is 393 g/mol. The zero-order valence-electron chi connectivity index (χ0n) is 15.0. The standard InChI is InChI=1S/C20H16FN5OS/c1-13-18(15-7-9-16(21)10-8-15)22-20(28-13)23-19(27)17-12-26(25-24-17)11-14-5-3-2-4-6-14/h2-10,12H,11H2,1H3,(H,22,23,27). The molecule has 1 N–H and O–H groups in total. The van der Waals surface area contributed by atoms with Gasteiger partial charge in [-0.15, -0.1) is 16.4 Å². The molecule has 28 heavy (non-hydrogen) atoms. The number of thiazole rings is 1. The van der Waals surface area contributed by atoms with E-state index in [0.29, 0.717) is 17.4 Å². The molecule has 0 unspecified atom stereocenters. The molecule has 2 heterocycles. The molecule has 6 nitrogen and oxygen atoms in total. The van der Waals surface area contributed by atoms with Crippen molar-refractivity contribution in [2.45, 2.75) is 13.5 Å². The number of nitrogens with zero attached hydrogens (tertiary/aromatic N) is 4. The van der Waals surface area contributed by atoms with E-state index in [1.165, 1.54) is 23.5 Å². The number of hydrogen-bond acceptors (Lipinski definition) is 5. The maximum Gasteiger partial charge on any atom is 0.279 e. The van der Waals surface area contributed by atoms with Crippen molar-refractivity contribution >= 4 is 22.4 Å². The van der Waals surface area contributed by atoms with Gasteiger partial charge in [0.15, 0.2) is 10.8 Å². The third kappa shape index (κ3) is 3.96. The summed E-state index contributed by atoms with van der Waals surface area (Å²) in [6.45, 7) is 2.44. The number of nitrogens with one attached hydrogen (secondary N) is 1. The van der Waals surface area contributed by atoms with Crippen molar-refractivity contribution in [2.75, 3.05) is 5.32 Å².